The first kappa shape index (κ1) is 26.8. The van der Waals surface area contributed by atoms with E-state index in [1.165, 1.54) is 57.8 Å². The molecule has 5 aliphatic carbocycles. The minimum absolute atomic E-state index is 0.0155. The average Bonchev–Trinajstić information content (AvgIpc) is 2.77. The molecular weight excluding hydrogens is 440 g/mol. The molecule has 0 aliphatic heterocycles. The van der Waals surface area contributed by atoms with Crippen LogP contribution in [0.2, 0.25) is 0 Å². The number of rotatable bonds is 3. The Bertz CT molecular complexity index is 927. The molecule has 0 radical (unpaired) electrons. The third-order valence-electron chi connectivity index (χ3n) is 13.7. The number of allylic oxidation sites excluding steroid dienone is 2. The first-order valence-electron chi connectivity index (χ1n) is 15.6. The van der Waals surface area contributed by atoms with Crippen molar-refractivity contribution in [3.63, 3.8) is 0 Å². The highest BCUT2D eigenvalue weighted by Gasteiger charge is 2.69. The molecule has 8 atom stereocenters. The number of hydrogen-bond donors (Lipinski definition) is 0. The van der Waals surface area contributed by atoms with Gasteiger partial charge in [-0.15, -0.1) is 0 Å². The van der Waals surface area contributed by atoms with E-state index in [2.05, 4.69) is 68.4 Å². The summed E-state index contributed by atoms with van der Waals surface area (Å²) in [7, 11) is 0. The van der Waals surface area contributed by atoms with Crippen LogP contribution in [-0.2, 0) is 9.53 Å². The van der Waals surface area contributed by atoms with E-state index in [1.807, 2.05) is 5.57 Å². The minimum atomic E-state index is 0.0155. The van der Waals surface area contributed by atoms with Gasteiger partial charge in [-0.2, -0.15) is 0 Å². The molecule has 36 heavy (non-hydrogen) atoms. The van der Waals surface area contributed by atoms with E-state index >= 15 is 0 Å². The number of esters is 1. The second kappa shape index (κ2) is 8.35. The number of carbonyl (C=O) groups excluding carboxylic acids is 1. The number of fused-ring (bicyclic) bond motifs is 7. The van der Waals surface area contributed by atoms with E-state index in [4.69, 9.17) is 4.74 Å². The lowest BCUT2D eigenvalue weighted by molar-refractivity contribution is -0.233. The molecule has 8 unspecified atom stereocenters. The fourth-order valence-corrected chi connectivity index (χ4v) is 11.2. The molecule has 4 fully saturated rings. The fourth-order valence-electron chi connectivity index (χ4n) is 11.2. The zero-order chi connectivity index (χ0) is 26.4. The molecule has 0 amide bonds. The minimum Gasteiger partial charge on any atom is -0.462 e. The fraction of sp³-hybridized carbons (Fsp3) is 0.912. The van der Waals surface area contributed by atoms with Crippen molar-refractivity contribution in [2.45, 2.75) is 145 Å². The van der Waals surface area contributed by atoms with Crippen LogP contribution in [-0.4, -0.2) is 12.1 Å². The Morgan fingerprint density at radius 2 is 1.50 bits per heavy atom. The van der Waals surface area contributed by atoms with Crippen LogP contribution in [0.1, 0.15) is 139 Å². The van der Waals surface area contributed by atoms with Crippen LogP contribution in [0.3, 0.4) is 0 Å². The molecule has 0 heterocycles. The van der Waals surface area contributed by atoms with Crippen LogP contribution < -0.4 is 0 Å². The predicted molar refractivity (Wildman–Crippen MR) is 150 cm³/mol. The van der Waals surface area contributed by atoms with Gasteiger partial charge in [0.1, 0.15) is 6.10 Å². The normalized spacial score (nSPS) is 49.0. The molecule has 5 rings (SSSR count). The van der Waals surface area contributed by atoms with Gasteiger partial charge in [-0.1, -0.05) is 74.0 Å². The molecule has 0 aromatic rings. The number of hydrogen-bond acceptors (Lipinski definition) is 2. The van der Waals surface area contributed by atoms with Crippen LogP contribution in [0.5, 0.6) is 0 Å². The van der Waals surface area contributed by atoms with Crippen LogP contribution in [0, 0.1) is 50.2 Å². The van der Waals surface area contributed by atoms with Gasteiger partial charge in [0.05, 0.1) is 0 Å². The first-order chi connectivity index (χ1) is 16.6. The lowest BCUT2D eigenvalue weighted by Gasteiger charge is -2.72. The van der Waals surface area contributed by atoms with Crippen LogP contribution in [0.15, 0.2) is 11.6 Å². The van der Waals surface area contributed by atoms with Crippen molar-refractivity contribution >= 4 is 5.97 Å². The van der Waals surface area contributed by atoms with Crippen molar-refractivity contribution in [3.8, 4) is 0 Å². The Morgan fingerprint density at radius 3 is 2.19 bits per heavy atom. The van der Waals surface area contributed by atoms with Crippen molar-refractivity contribution in [1.82, 2.24) is 0 Å². The Labute approximate surface area is 222 Å². The molecule has 0 saturated heterocycles. The first-order valence-corrected chi connectivity index (χ1v) is 15.6. The molecule has 4 saturated carbocycles. The molecule has 2 nitrogen and oxygen atoms in total. The maximum Gasteiger partial charge on any atom is 0.306 e. The van der Waals surface area contributed by atoms with Gasteiger partial charge in [-0.25, -0.2) is 0 Å². The number of carbonyl (C=O) groups is 1. The third-order valence-corrected chi connectivity index (χ3v) is 13.7. The van der Waals surface area contributed by atoms with Crippen molar-refractivity contribution < 1.29 is 9.53 Å². The molecule has 0 bridgehead atoms. The third kappa shape index (κ3) is 3.65. The van der Waals surface area contributed by atoms with Crippen LogP contribution in [0.25, 0.3) is 0 Å². The summed E-state index contributed by atoms with van der Waals surface area (Å²) in [5.74, 6) is 2.19. The van der Waals surface area contributed by atoms with E-state index in [0.717, 1.165) is 24.7 Å². The second-order valence-electron chi connectivity index (χ2n) is 16.4. The molecule has 204 valence electrons. The van der Waals surface area contributed by atoms with Gasteiger partial charge in [-0.05, 0) is 115 Å². The SMILES string of the molecule is CCCC(=O)OC1CCC2(C)C(CCC3(C)C2CCC2C4=CC(C)(C)CCC4(C)CCC23C)C1(C)C. The predicted octanol–water partition coefficient (Wildman–Crippen LogP) is 9.52. The summed E-state index contributed by atoms with van der Waals surface area (Å²) in [6, 6.07) is 0. The quantitative estimate of drug-likeness (QED) is 0.287. The highest BCUT2D eigenvalue weighted by molar-refractivity contribution is 5.69. The highest BCUT2D eigenvalue weighted by atomic mass is 16.5. The highest BCUT2D eigenvalue weighted by Crippen LogP contribution is 2.76. The molecule has 2 heteroatoms. The lowest BCUT2D eigenvalue weighted by atomic mass is 9.32. The molecule has 0 aromatic carbocycles. The summed E-state index contributed by atoms with van der Waals surface area (Å²) in [6.07, 6.45) is 17.4. The van der Waals surface area contributed by atoms with Gasteiger partial charge < -0.3 is 4.74 Å². The summed E-state index contributed by atoms with van der Waals surface area (Å²) in [5, 5.41) is 0. The standard InChI is InChI=1S/C34H56O2/c1-10-11-28(35)36-27-15-16-32(7)25(30(27,4)5)14-17-34(9)26(32)13-12-23-24-22-29(2,3)18-19-31(24,6)20-21-33(23,34)8/h22-23,25-27H,10-21H2,1-9H3. The van der Waals surface area contributed by atoms with Crippen molar-refractivity contribution in [3.05, 3.63) is 11.6 Å². The summed E-state index contributed by atoms with van der Waals surface area (Å²) >= 11 is 0. The molecule has 5 aliphatic rings. The largest absolute Gasteiger partial charge is 0.462 e. The van der Waals surface area contributed by atoms with E-state index in [9.17, 15) is 4.79 Å². The summed E-state index contributed by atoms with van der Waals surface area (Å²) < 4.78 is 6.15. The Morgan fingerprint density at radius 1 is 0.806 bits per heavy atom. The second-order valence-corrected chi connectivity index (χ2v) is 16.4. The van der Waals surface area contributed by atoms with Gasteiger partial charge in [0, 0.05) is 11.8 Å². The lowest BCUT2D eigenvalue weighted by Crippen LogP contribution is -2.66. The maximum atomic E-state index is 12.5. The Balaban J connectivity index is 1.47. The zero-order valence-corrected chi connectivity index (χ0v) is 25.2. The van der Waals surface area contributed by atoms with Crippen LogP contribution in [0.4, 0.5) is 0 Å². The topological polar surface area (TPSA) is 26.3 Å². The van der Waals surface area contributed by atoms with Gasteiger partial charge >= 0.3 is 5.97 Å². The van der Waals surface area contributed by atoms with E-state index in [-0.39, 0.29) is 17.5 Å². The molecule has 0 spiro atoms. The van der Waals surface area contributed by atoms with Gasteiger partial charge in [0.2, 0.25) is 0 Å². The Kier molecular flexibility index (Phi) is 6.22. The average molecular weight is 497 g/mol. The smallest absolute Gasteiger partial charge is 0.306 e. The number of ether oxygens (including phenoxy) is 1. The molecule has 0 N–H and O–H groups in total. The van der Waals surface area contributed by atoms with Crippen LogP contribution >= 0.6 is 0 Å². The van der Waals surface area contributed by atoms with Crippen molar-refractivity contribution in [1.29, 1.82) is 0 Å². The monoisotopic (exact) mass is 496 g/mol. The van der Waals surface area contributed by atoms with E-state index in [1.54, 1.807) is 0 Å². The molecular formula is C34H56O2. The maximum absolute atomic E-state index is 12.5. The van der Waals surface area contributed by atoms with Crippen molar-refractivity contribution in [2.75, 3.05) is 0 Å². The summed E-state index contributed by atoms with van der Waals surface area (Å²) in [6.45, 7) is 22.6. The molecule has 0 aromatic heterocycles. The van der Waals surface area contributed by atoms with Gasteiger partial charge in [0.15, 0.2) is 0 Å². The Hall–Kier alpha value is -0.790. The van der Waals surface area contributed by atoms with Gasteiger partial charge in [-0.3, -0.25) is 4.79 Å². The zero-order valence-electron chi connectivity index (χ0n) is 25.2. The summed E-state index contributed by atoms with van der Waals surface area (Å²) in [5.41, 5.74) is 3.84. The van der Waals surface area contributed by atoms with Gasteiger partial charge in [0.25, 0.3) is 0 Å². The van der Waals surface area contributed by atoms with Crippen molar-refractivity contribution in [2.24, 2.45) is 50.2 Å². The summed E-state index contributed by atoms with van der Waals surface area (Å²) in [4.78, 5) is 12.5. The van der Waals surface area contributed by atoms with E-state index in [0.29, 0.717) is 39.4 Å². The van der Waals surface area contributed by atoms with E-state index < -0.39 is 0 Å².